The van der Waals surface area contributed by atoms with Gasteiger partial charge in [-0.3, -0.25) is 0 Å². The van der Waals surface area contributed by atoms with Gasteiger partial charge in [0, 0.05) is 11.6 Å². The second-order valence-electron chi connectivity index (χ2n) is 3.56. The van der Waals surface area contributed by atoms with Crippen molar-refractivity contribution in [2.45, 2.75) is 0 Å². The van der Waals surface area contributed by atoms with E-state index >= 15 is 0 Å². The van der Waals surface area contributed by atoms with Crippen LogP contribution < -0.4 is 0 Å². The number of halogens is 2. The van der Waals surface area contributed by atoms with E-state index in [2.05, 4.69) is 26.0 Å². The summed E-state index contributed by atoms with van der Waals surface area (Å²) < 4.78 is 2.43. The normalized spacial score (nSPS) is 10.9. The van der Waals surface area contributed by atoms with Gasteiger partial charge in [-0.2, -0.15) is 5.10 Å². The second kappa shape index (κ2) is 4.13. The van der Waals surface area contributed by atoms with E-state index in [0.29, 0.717) is 5.15 Å². The summed E-state index contributed by atoms with van der Waals surface area (Å²) in [6.45, 7) is 0. The van der Waals surface area contributed by atoms with E-state index < -0.39 is 0 Å². The van der Waals surface area contributed by atoms with Crippen molar-refractivity contribution in [2.24, 2.45) is 0 Å². The molecule has 0 aliphatic heterocycles. The zero-order chi connectivity index (χ0) is 11.8. The molecule has 1 aromatic carbocycles. The molecule has 0 bridgehead atoms. The van der Waals surface area contributed by atoms with Crippen LogP contribution in [0.3, 0.4) is 0 Å². The first-order chi connectivity index (χ1) is 8.25. The van der Waals surface area contributed by atoms with Crippen LogP contribution in [0, 0.1) is 0 Å². The summed E-state index contributed by atoms with van der Waals surface area (Å²) in [6.07, 6.45) is 1.68. The fourth-order valence-electron chi connectivity index (χ4n) is 1.66. The second-order valence-corrected chi connectivity index (χ2v) is 4.80. The summed E-state index contributed by atoms with van der Waals surface area (Å²) in [5.41, 5.74) is 2.59. The lowest BCUT2D eigenvalue weighted by Crippen LogP contribution is -1.94. The van der Waals surface area contributed by atoms with E-state index in [9.17, 15) is 0 Å². The summed E-state index contributed by atoms with van der Waals surface area (Å²) >= 11 is 9.57. The largest absolute Gasteiger partial charge is 0.227 e. The zero-order valence-electron chi connectivity index (χ0n) is 8.64. The van der Waals surface area contributed by atoms with Crippen molar-refractivity contribution >= 4 is 33.2 Å². The number of hydrogen-bond acceptors (Lipinski definition) is 2. The molecule has 0 saturated heterocycles. The van der Waals surface area contributed by atoms with Crippen molar-refractivity contribution in [3.8, 4) is 11.3 Å². The molecule has 0 saturated carbocycles. The van der Waals surface area contributed by atoms with Crippen molar-refractivity contribution in [3.63, 3.8) is 0 Å². The maximum atomic E-state index is 6.17. The Morgan fingerprint density at radius 1 is 1.18 bits per heavy atom. The van der Waals surface area contributed by atoms with Gasteiger partial charge < -0.3 is 0 Å². The molecule has 84 valence electrons. The minimum absolute atomic E-state index is 0.541. The maximum Gasteiger partial charge on any atom is 0.171 e. The predicted octanol–water partition coefficient (Wildman–Crippen LogP) is 3.81. The van der Waals surface area contributed by atoms with E-state index in [0.717, 1.165) is 21.4 Å². The molecular formula is C12H7BrClN3. The van der Waals surface area contributed by atoms with Crippen molar-refractivity contribution in [1.82, 2.24) is 14.6 Å². The Hall–Kier alpha value is -1.39. The molecule has 2 heterocycles. The molecule has 3 rings (SSSR count). The molecule has 0 fully saturated rings. The number of benzene rings is 1. The molecule has 5 heteroatoms. The SMILES string of the molecule is Clc1cc(-c2ccccc2)nc2c(Br)cnn12. The Kier molecular flexibility index (Phi) is 2.61. The summed E-state index contributed by atoms with van der Waals surface area (Å²) in [6, 6.07) is 11.7. The average Bonchev–Trinajstić information content (AvgIpc) is 2.73. The van der Waals surface area contributed by atoms with Gasteiger partial charge in [0.1, 0.15) is 5.15 Å². The van der Waals surface area contributed by atoms with E-state index in [-0.39, 0.29) is 0 Å². The van der Waals surface area contributed by atoms with Gasteiger partial charge in [0.15, 0.2) is 5.65 Å². The van der Waals surface area contributed by atoms with Crippen molar-refractivity contribution < 1.29 is 0 Å². The Morgan fingerprint density at radius 2 is 1.94 bits per heavy atom. The van der Waals surface area contributed by atoms with E-state index in [1.807, 2.05) is 36.4 Å². The van der Waals surface area contributed by atoms with Crippen molar-refractivity contribution in [3.05, 3.63) is 52.2 Å². The number of hydrogen-bond donors (Lipinski definition) is 0. The number of nitrogens with zero attached hydrogens (tertiary/aromatic N) is 3. The smallest absolute Gasteiger partial charge is 0.171 e. The average molecular weight is 309 g/mol. The molecule has 0 N–H and O–H groups in total. The van der Waals surface area contributed by atoms with Crippen LogP contribution in [0.1, 0.15) is 0 Å². The summed E-state index contributed by atoms with van der Waals surface area (Å²) in [7, 11) is 0. The van der Waals surface area contributed by atoms with Gasteiger partial charge in [-0.05, 0) is 15.9 Å². The van der Waals surface area contributed by atoms with Crippen LogP contribution in [0.2, 0.25) is 5.15 Å². The van der Waals surface area contributed by atoms with Gasteiger partial charge in [0.05, 0.1) is 16.4 Å². The minimum atomic E-state index is 0.541. The van der Waals surface area contributed by atoms with Gasteiger partial charge in [-0.1, -0.05) is 41.9 Å². The van der Waals surface area contributed by atoms with Crippen LogP contribution in [0.25, 0.3) is 16.9 Å². The quantitative estimate of drug-likeness (QED) is 0.640. The third kappa shape index (κ3) is 1.83. The van der Waals surface area contributed by atoms with Crippen molar-refractivity contribution in [2.75, 3.05) is 0 Å². The molecule has 2 aromatic heterocycles. The number of rotatable bonds is 1. The molecule has 0 amide bonds. The predicted molar refractivity (Wildman–Crippen MR) is 71.1 cm³/mol. The molecule has 3 aromatic rings. The van der Waals surface area contributed by atoms with Gasteiger partial charge in [-0.25, -0.2) is 9.50 Å². The summed E-state index contributed by atoms with van der Waals surface area (Å²) in [5, 5.41) is 4.67. The molecule has 3 nitrogen and oxygen atoms in total. The highest BCUT2D eigenvalue weighted by Crippen LogP contribution is 2.25. The number of fused-ring (bicyclic) bond motifs is 1. The van der Waals surface area contributed by atoms with E-state index in [4.69, 9.17) is 11.6 Å². The van der Waals surface area contributed by atoms with Crippen LogP contribution in [-0.4, -0.2) is 14.6 Å². The highest BCUT2D eigenvalue weighted by Gasteiger charge is 2.09. The van der Waals surface area contributed by atoms with Crippen molar-refractivity contribution in [1.29, 1.82) is 0 Å². The standard InChI is InChI=1S/C12H7BrClN3/c13-9-7-15-17-11(14)6-10(16-12(9)17)8-4-2-1-3-5-8/h1-7H. The van der Waals surface area contributed by atoms with E-state index in [1.54, 1.807) is 10.7 Å². The first-order valence-electron chi connectivity index (χ1n) is 5.01. The Labute approximate surface area is 111 Å². The third-order valence-corrected chi connectivity index (χ3v) is 3.28. The lowest BCUT2D eigenvalue weighted by Gasteiger charge is -2.03. The van der Waals surface area contributed by atoms with Crippen LogP contribution in [-0.2, 0) is 0 Å². The summed E-state index contributed by atoms with van der Waals surface area (Å²) in [5.74, 6) is 0. The first-order valence-corrected chi connectivity index (χ1v) is 6.18. The fourth-order valence-corrected chi connectivity index (χ4v) is 2.23. The highest BCUT2D eigenvalue weighted by atomic mass is 79.9. The summed E-state index contributed by atoms with van der Waals surface area (Å²) in [4.78, 5) is 4.53. The third-order valence-electron chi connectivity index (χ3n) is 2.45. The van der Waals surface area contributed by atoms with E-state index in [1.165, 1.54) is 0 Å². The molecular weight excluding hydrogens is 302 g/mol. The molecule has 0 unspecified atom stereocenters. The van der Waals surface area contributed by atoms with Crippen LogP contribution in [0.15, 0.2) is 47.1 Å². The van der Waals surface area contributed by atoms with Crippen LogP contribution in [0.5, 0.6) is 0 Å². The van der Waals surface area contributed by atoms with Gasteiger partial charge in [0.25, 0.3) is 0 Å². The van der Waals surface area contributed by atoms with Gasteiger partial charge in [0.2, 0.25) is 0 Å². The van der Waals surface area contributed by atoms with Crippen LogP contribution in [0.4, 0.5) is 0 Å². The fraction of sp³-hybridized carbons (Fsp3) is 0. The Bertz CT molecular complexity index is 679. The highest BCUT2D eigenvalue weighted by molar-refractivity contribution is 9.10. The first kappa shape index (κ1) is 10.7. The molecule has 0 spiro atoms. The number of aromatic nitrogens is 3. The Balaban J connectivity index is 2.28. The van der Waals surface area contributed by atoms with Gasteiger partial charge >= 0.3 is 0 Å². The monoisotopic (exact) mass is 307 g/mol. The zero-order valence-corrected chi connectivity index (χ0v) is 11.0. The molecule has 0 aliphatic carbocycles. The molecule has 0 radical (unpaired) electrons. The minimum Gasteiger partial charge on any atom is -0.227 e. The topological polar surface area (TPSA) is 30.2 Å². The van der Waals surface area contributed by atoms with Gasteiger partial charge in [-0.15, -0.1) is 0 Å². The Morgan fingerprint density at radius 3 is 2.71 bits per heavy atom. The molecule has 0 aliphatic rings. The molecule has 17 heavy (non-hydrogen) atoms. The lowest BCUT2D eigenvalue weighted by atomic mass is 10.1. The van der Waals surface area contributed by atoms with Crippen LogP contribution >= 0.6 is 27.5 Å². The maximum absolute atomic E-state index is 6.17. The lowest BCUT2D eigenvalue weighted by molar-refractivity contribution is 0.942. The molecule has 0 atom stereocenters.